The second-order valence-corrected chi connectivity index (χ2v) is 6.06. The molecule has 0 spiro atoms. The third-order valence-corrected chi connectivity index (χ3v) is 4.28. The number of hydrogen-bond donors (Lipinski definition) is 0. The van der Waals surface area contributed by atoms with Crippen molar-refractivity contribution >= 4 is 11.8 Å². The van der Waals surface area contributed by atoms with Gasteiger partial charge in [0, 0.05) is 38.4 Å². The molecule has 0 radical (unpaired) electrons. The third-order valence-electron chi connectivity index (χ3n) is 4.28. The number of aryl methyl sites for hydroxylation is 1. The topological polar surface area (TPSA) is 36.0 Å². The number of cyclic esters (lactones) is 1. The van der Waals surface area contributed by atoms with E-state index in [1.807, 2.05) is 31.2 Å². The normalized spacial score (nSPS) is 24.4. The number of piperazine rings is 1. The second-order valence-electron chi connectivity index (χ2n) is 6.06. The molecular weight excluding hydrogens is 266 g/mol. The van der Waals surface area contributed by atoms with Gasteiger partial charge in [0.1, 0.15) is 6.10 Å². The molecule has 1 aromatic carbocycles. The molecule has 0 saturated carbocycles. The predicted molar refractivity (Wildman–Crippen MR) is 82.7 cm³/mol. The SMILES string of the molecule is Cc1ccc(N2CC(CN3CCN(C)CC3)OC2=O)cc1. The maximum absolute atomic E-state index is 12.0. The Morgan fingerprint density at radius 1 is 1.14 bits per heavy atom. The van der Waals surface area contributed by atoms with Gasteiger partial charge in [-0.3, -0.25) is 9.80 Å². The quantitative estimate of drug-likeness (QED) is 0.846. The summed E-state index contributed by atoms with van der Waals surface area (Å²) in [7, 11) is 2.14. The van der Waals surface area contributed by atoms with Crippen LogP contribution in [0.5, 0.6) is 0 Å². The molecule has 5 heteroatoms. The number of carbonyl (C=O) groups excluding carboxylic acids is 1. The van der Waals surface area contributed by atoms with Crippen LogP contribution >= 0.6 is 0 Å². The summed E-state index contributed by atoms with van der Waals surface area (Å²) in [6.45, 7) is 7.80. The van der Waals surface area contributed by atoms with Crippen LogP contribution in [0.4, 0.5) is 10.5 Å². The Morgan fingerprint density at radius 3 is 2.48 bits per heavy atom. The van der Waals surface area contributed by atoms with Crippen LogP contribution in [0, 0.1) is 6.92 Å². The number of ether oxygens (including phenoxy) is 1. The van der Waals surface area contributed by atoms with E-state index in [1.54, 1.807) is 4.90 Å². The number of benzene rings is 1. The van der Waals surface area contributed by atoms with Crippen molar-refractivity contribution in [3.63, 3.8) is 0 Å². The van der Waals surface area contributed by atoms with Crippen LogP contribution in [0.25, 0.3) is 0 Å². The highest BCUT2D eigenvalue weighted by Crippen LogP contribution is 2.22. The minimum atomic E-state index is -0.224. The molecule has 0 aliphatic carbocycles. The summed E-state index contributed by atoms with van der Waals surface area (Å²) < 4.78 is 5.52. The summed E-state index contributed by atoms with van der Waals surface area (Å²) in [4.78, 5) is 18.5. The second kappa shape index (κ2) is 6.03. The van der Waals surface area contributed by atoms with Crippen LogP contribution in [0.2, 0.25) is 0 Å². The van der Waals surface area contributed by atoms with E-state index >= 15 is 0 Å². The van der Waals surface area contributed by atoms with Gasteiger partial charge in [0.25, 0.3) is 0 Å². The maximum Gasteiger partial charge on any atom is 0.414 e. The van der Waals surface area contributed by atoms with E-state index < -0.39 is 0 Å². The Kier molecular flexibility index (Phi) is 4.12. The summed E-state index contributed by atoms with van der Waals surface area (Å²) in [5.74, 6) is 0. The predicted octanol–water partition coefficient (Wildman–Crippen LogP) is 1.57. The molecule has 2 saturated heterocycles. The fourth-order valence-electron chi connectivity index (χ4n) is 2.87. The van der Waals surface area contributed by atoms with Gasteiger partial charge >= 0.3 is 6.09 Å². The zero-order chi connectivity index (χ0) is 14.8. The molecule has 114 valence electrons. The molecule has 1 amide bonds. The highest BCUT2D eigenvalue weighted by molar-refractivity contribution is 5.89. The molecule has 0 bridgehead atoms. The Hall–Kier alpha value is -1.59. The minimum Gasteiger partial charge on any atom is -0.443 e. The monoisotopic (exact) mass is 289 g/mol. The minimum absolute atomic E-state index is 0.0257. The van der Waals surface area contributed by atoms with Gasteiger partial charge in [0.05, 0.1) is 6.54 Å². The van der Waals surface area contributed by atoms with Crippen molar-refractivity contribution in [1.29, 1.82) is 0 Å². The first kappa shape index (κ1) is 14.4. The standard InChI is InChI=1S/C16H23N3O2/c1-13-3-5-14(6-4-13)19-12-15(21-16(19)20)11-18-9-7-17(2)8-10-18/h3-6,15H,7-12H2,1-2H3. The van der Waals surface area contributed by atoms with Crippen molar-refractivity contribution in [1.82, 2.24) is 9.80 Å². The maximum atomic E-state index is 12.0. The van der Waals surface area contributed by atoms with Gasteiger partial charge in [-0.1, -0.05) is 17.7 Å². The lowest BCUT2D eigenvalue weighted by Gasteiger charge is -2.33. The van der Waals surface area contributed by atoms with Crippen molar-refractivity contribution in [2.75, 3.05) is 51.2 Å². The van der Waals surface area contributed by atoms with Crippen molar-refractivity contribution in [3.05, 3.63) is 29.8 Å². The van der Waals surface area contributed by atoms with Gasteiger partial charge in [0.15, 0.2) is 0 Å². The Bertz CT molecular complexity index is 495. The fourth-order valence-corrected chi connectivity index (χ4v) is 2.87. The lowest BCUT2D eigenvalue weighted by molar-refractivity contribution is 0.0841. The van der Waals surface area contributed by atoms with Gasteiger partial charge in [-0.2, -0.15) is 0 Å². The molecule has 3 rings (SSSR count). The average Bonchev–Trinajstić information content (AvgIpc) is 2.83. The average molecular weight is 289 g/mol. The van der Waals surface area contributed by atoms with Gasteiger partial charge in [0.2, 0.25) is 0 Å². The highest BCUT2D eigenvalue weighted by atomic mass is 16.6. The zero-order valence-electron chi connectivity index (χ0n) is 12.8. The number of amides is 1. The van der Waals surface area contributed by atoms with Gasteiger partial charge < -0.3 is 9.64 Å². The molecule has 2 aliphatic heterocycles. The first-order valence-electron chi connectivity index (χ1n) is 7.57. The molecule has 1 atom stereocenters. The van der Waals surface area contributed by atoms with Gasteiger partial charge in [-0.25, -0.2) is 4.79 Å². The van der Waals surface area contributed by atoms with Crippen LogP contribution in [0.15, 0.2) is 24.3 Å². The van der Waals surface area contributed by atoms with Crippen molar-refractivity contribution in [2.24, 2.45) is 0 Å². The number of nitrogens with zero attached hydrogens (tertiary/aromatic N) is 3. The number of hydrogen-bond acceptors (Lipinski definition) is 4. The first-order valence-corrected chi connectivity index (χ1v) is 7.57. The van der Waals surface area contributed by atoms with Gasteiger partial charge in [-0.15, -0.1) is 0 Å². The first-order chi connectivity index (χ1) is 10.1. The lowest BCUT2D eigenvalue weighted by Crippen LogP contribution is -2.47. The smallest absolute Gasteiger partial charge is 0.414 e. The number of carbonyl (C=O) groups is 1. The highest BCUT2D eigenvalue weighted by Gasteiger charge is 2.33. The summed E-state index contributed by atoms with van der Waals surface area (Å²) in [6.07, 6.45) is -0.250. The van der Waals surface area contributed by atoms with Gasteiger partial charge in [-0.05, 0) is 26.1 Å². The molecule has 2 aliphatic rings. The Balaban J connectivity index is 1.58. The zero-order valence-corrected chi connectivity index (χ0v) is 12.8. The van der Waals surface area contributed by atoms with Crippen molar-refractivity contribution in [2.45, 2.75) is 13.0 Å². The Labute approximate surface area is 126 Å². The lowest BCUT2D eigenvalue weighted by atomic mass is 10.2. The van der Waals surface area contributed by atoms with E-state index in [0.29, 0.717) is 6.54 Å². The number of likely N-dealkylation sites (N-methyl/N-ethyl adjacent to an activating group) is 1. The molecule has 0 N–H and O–H groups in total. The van der Waals surface area contributed by atoms with E-state index in [9.17, 15) is 4.79 Å². The van der Waals surface area contributed by atoms with E-state index in [-0.39, 0.29) is 12.2 Å². The van der Waals surface area contributed by atoms with E-state index in [0.717, 1.165) is 38.4 Å². The van der Waals surface area contributed by atoms with Crippen molar-refractivity contribution in [3.8, 4) is 0 Å². The number of anilines is 1. The molecule has 5 nitrogen and oxygen atoms in total. The summed E-state index contributed by atoms with van der Waals surface area (Å²) in [5.41, 5.74) is 2.12. The summed E-state index contributed by atoms with van der Waals surface area (Å²) in [5, 5.41) is 0. The Morgan fingerprint density at radius 2 is 1.81 bits per heavy atom. The molecule has 1 unspecified atom stereocenters. The summed E-state index contributed by atoms with van der Waals surface area (Å²) >= 11 is 0. The largest absolute Gasteiger partial charge is 0.443 e. The third kappa shape index (κ3) is 3.36. The molecular formula is C16H23N3O2. The fraction of sp³-hybridized carbons (Fsp3) is 0.562. The molecule has 2 fully saturated rings. The number of rotatable bonds is 3. The van der Waals surface area contributed by atoms with Crippen LogP contribution in [-0.2, 0) is 4.74 Å². The molecule has 2 heterocycles. The van der Waals surface area contributed by atoms with E-state index in [1.165, 1.54) is 5.56 Å². The molecule has 1 aromatic rings. The van der Waals surface area contributed by atoms with Crippen LogP contribution in [-0.4, -0.2) is 68.3 Å². The van der Waals surface area contributed by atoms with E-state index in [4.69, 9.17) is 4.74 Å². The van der Waals surface area contributed by atoms with Crippen LogP contribution < -0.4 is 4.90 Å². The van der Waals surface area contributed by atoms with Crippen LogP contribution in [0.1, 0.15) is 5.56 Å². The van der Waals surface area contributed by atoms with Crippen molar-refractivity contribution < 1.29 is 9.53 Å². The molecule has 0 aromatic heterocycles. The van der Waals surface area contributed by atoms with Crippen LogP contribution in [0.3, 0.4) is 0 Å². The van der Waals surface area contributed by atoms with E-state index in [2.05, 4.69) is 16.8 Å². The summed E-state index contributed by atoms with van der Waals surface area (Å²) in [6, 6.07) is 8.01. The molecule has 21 heavy (non-hydrogen) atoms.